The summed E-state index contributed by atoms with van der Waals surface area (Å²) < 4.78 is 0. The van der Waals surface area contributed by atoms with Gasteiger partial charge in [0, 0.05) is 18.2 Å². The lowest BCUT2D eigenvalue weighted by atomic mass is 10.0. The van der Waals surface area contributed by atoms with Gasteiger partial charge in [0.15, 0.2) is 0 Å². The maximum absolute atomic E-state index is 10.7. The Morgan fingerprint density at radius 3 is 2.46 bits per heavy atom. The number of nitro groups is 1. The summed E-state index contributed by atoms with van der Waals surface area (Å²) >= 11 is 1.78. The summed E-state index contributed by atoms with van der Waals surface area (Å²) in [5.74, 6) is 0. The van der Waals surface area contributed by atoms with Gasteiger partial charge in [0.2, 0.25) is 0 Å². The molecule has 0 aliphatic heterocycles. The van der Waals surface area contributed by atoms with Gasteiger partial charge in [0.1, 0.15) is 0 Å². The van der Waals surface area contributed by atoms with E-state index in [1.165, 1.54) is 24.0 Å². The molecule has 0 radical (unpaired) electrons. The highest BCUT2D eigenvalue weighted by molar-refractivity contribution is 7.07. The number of non-ortho nitro benzene ring substituents is 1. The van der Waals surface area contributed by atoms with E-state index in [2.05, 4.69) is 35.6 Å². The fraction of sp³-hybridized carbons (Fsp3) is 0.524. The van der Waals surface area contributed by atoms with Gasteiger partial charge >= 0.3 is 0 Å². The van der Waals surface area contributed by atoms with E-state index in [-0.39, 0.29) is 10.6 Å². The second-order valence-corrected chi connectivity index (χ2v) is 7.57. The number of aryl methyl sites for hydroxylation is 1. The number of rotatable bonds is 12. The van der Waals surface area contributed by atoms with E-state index >= 15 is 0 Å². The van der Waals surface area contributed by atoms with Crippen molar-refractivity contribution >= 4 is 17.0 Å². The second-order valence-electron chi connectivity index (χ2n) is 6.79. The van der Waals surface area contributed by atoms with Gasteiger partial charge in [-0.2, -0.15) is 11.3 Å². The quantitative estimate of drug-likeness (QED) is 0.271. The zero-order chi connectivity index (χ0) is 18.8. The van der Waals surface area contributed by atoms with Crippen LogP contribution < -0.4 is 0 Å². The van der Waals surface area contributed by atoms with Gasteiger partial charge in [-0.05, 0) is 73.1 Å². The zero-order valence-corrected chi connectivity index (χ0v) is 16.7. The number of hydrogen-bond acceptors (Lipinski definition) is 4. The first-order valence-corrected chi connectivity index (χ1v) is 10.6. The Morgan fingerprint density at radius 2 is 1.88 bits per heavy atom. The minimum atomic E-state index is -0.343. The predicted octanol–water partition coefficient (Wildman–Crippen LogP) is 5.71. The summed E-state index contributed by atoms with van der Waals surface area (Å²) in [5, 5.41) is 15.1. The molecule has 2 aromatic rings. The Bertz CT molecular complexity index is 641. The van der Waals surface area contributed by atoms with Crippen LogP contribution in [-0.2, 0) is 12.8 Å². The first-order chi connectivity index (χ1) is 12.6. The van der Waals surface area contributed by atoms with Gasteiger partial charge < -0.3 is 4.90 Å². The minimum absolute atomic E-state index is 0.168. The van der Waals surface area contributed by atoms with Crippen LogP contribution in [0.15, 0.2) is 41.1 Å². The van der Waals surface area contributed by atoms with Crippen LogP contribution in [0.25, 0.3) is 0 Å². The largest absolute Gasteiger partial charge is 0.300 e. The Kier molecular flexibility index (Phi) is 8.78. The summed E-state index contributed by atoms with van der Waals surface area (Å²) in [6.07, 6.45) is 6.87. The van der Waals surface area contributed by atoms with Crippen molar-refractivity contribution < 1.29 is 4.92 Å². The lowest BCUT2D eigenvalue weighted by Gasteiger charge is -2.30. The number of nitrogens with zero attached hydrogens (tertiary/aromatic N) is 2. The van der Waals surface area contributed by atoms with Crippen molar-refractivity contribution in [2.75, 3.05) is 13.1 Å². The molecule has 1 heterocycles. The summed E-state index contributed by atoms with van der Waals surface area (Å²) in [6.45, 7) is 6.74. The third kappa shape index (κ3) is 6.54. The number of nitro benzene ring substituents is 1. The topological polar surface area (TPSA) is 46.4 Å². The van der Waals surface area contributed by atoms with E-state index in [4.69, 9.17) is 0 Å². The molecule has 0 bridgehead atoms. The Hall–Kier alpha value is -1.72. The molecular formula is C21H30N2O2S. The molecule has 26 heavy (non-hydrogen) atoms. The predicted molar refractivity (Wildman–Crippen MR) is 110 cm³/mol. The average molecular weight is 375 g/mol. The van der Waals surface area contributed by atoms with E-state index in [1.807, 2.05) is 12.1 Å². The molecule has 0 aliphatic carbocycles. The van der Waals surface area contributed by atoms with E-state index in [1.54, 1.807) is 23.5 Å². The van der Waals surface area contributed by atoms with Gasteiger partial charge in [-0.25, -0.2) is 0 Å². The average Bonchev–Trinajstić information content (AvgIpc) is 3.15. The zero-order valence-electron chi connectivity index (χ0n) is 15.9. The van der Waals surface area contributed by atoms with Crippen molar-refractivity contribution in [3.05, 3.63) is 62.3 Å². The van der Waals surface area contributed by atoms with E-state index in [0.717, 1.165) is 38.8 Å². The van der Waals surface area contributed by atoms with E-state index in [0.29, 0.717) is 6.04 Å². The fourth-order valence-electron chi connectivity index (χ4n) is 3.46. The van der Waals surface area contributed by atoms with Crippen molar-refractivity contribution in [3.63, 3.8) is 0 Å². The van der Waals surface area contributed by atoms with Crippen LogP contribution in [0.1, 0.15) is 50.7 Å². The summed E-state index contributed by atoms with van der Waals surface area (Å²) in [4.78, 5) is 13.0. The van der Waals surface area contributed by atoms with Gasteiger partial charge in [0.05, 0.1) is 4.92 Å². The molecular weight excluding hydrogens is 344 g/mol. The normalized spacial score (nSPS) is 12.4. The number of benzene rings is 1. The summed E-state index contributed by atoms with van der Waals surface area (Å²) in [5.41, 5.74) is 2.81. The van der Waals surface area contributed by atoms with Gasteiger partial charge in [-0.3, -0.25) is 10.1 Å². The second kappa shape index (κ2) is 11.1. The highest BCUT2D eigenvalue weighted by Crippen LogP contribution is 2.18. The molecule has 0 fully saturated rings. The van der Waals surface area contributed by atoms with Crippen molar-refractivity contribution in [3.8, 4) is 0 Å². The maximum atomic E-state index is 10.7. The molecule has 2 rings (SSSR count). The third-order valence-corrected chi connectivity index (χ3v) is 5.64. The molecule has 4 nitrogen and oxygen atoms in total. The molecule has 0 saturated heterocycles. The van der Waals surface area contributed by atoms with Crippen molar-refractivity contribution in [2.45, 2.75) is 58.4 Å². The van der Waals surface area contributed by atoms with Crippen LogP contribution >= 0.6 is 11.3 Å². The molecule has 0 saturated carbocycles. The first-order valence-electron chi connectivity index (χ1n) is 9.62. The highest BCUT2D eigenvalue weighted by Gasteiger charge is 2.16. The van der Waals surface area contributed by atoms with E-state index < -0.39 is 0 Å². The van der Waals surface area contributed by atoms with Gasteiger partial charge in [-0.1, -0.05) is 32.4 Å². The molecule has 0 aliphatic rings. The number of likely N-dealkylation sites (N-methyl/N-ethyl adjacent to an activating group) is 1. The Balaban J connectivity index is 1.79. The lowest BCUT2D eigenvalue weighted by molar-refractivity contribution is -0.384. The number of hydrogen-bond donors (Lipinski definition) is 0. The van der Waals surface area contributed by atoms with Gasteiger partial charge in [0.25, 0.3) is 5.69 Å². The summed E-state index contributed by atoms with van der Waals surface area (Å²) in [7, 11) is 0. The van der Waals surface area contributed by atoms with Crippen LogP contribution in [0.4, 0.5) is 5.69 Å². The van der Waals surface area contributed by atoms with Crippen LogP contribution in [-0.4, -0.2) is 29.0 Å². The van der Waals surface area contributed by atoms with Crippen molar-refractivity contribution in [2.24, 2.45) is 0 Å². The van der Waals surface area contributed by atoms with Gasteiger partial charge in [-0.15, -0.1) is 0 Å². The molecule has 1 atom stereocenters. The molecule has 0 N–H and O–H groups in total. The summed E-state index contributed by atoms with van der Waals surface area (Å²) in [6, 6.07) is 9.84. The Morgan fingerprint density at radius 1 is 1.12 bits per heavy atom. The number of thiophene rings is 1. The van der Waals surface area contributed by atoms with Crippen molar-refractivity contribution in [1.29, 1.82) is 0 Å². The molecule has 1 aromatic carbocycles. The van der Waals surface area contributed by atoms with E-state index in [9.17, 15) is 10.1 Å². The number of unbranched alkanes of at least 4 members (excludes halogenated alkanes) is 1. The SMILES string of the molecule is CCCC(Cc1ccsc1)N(CC)CCCCc1ccc([N+](=O)[O-])cc1. The van der Waals surface area contributed by atoms with Crippen LogP contribution in [0, 0.1) is 10.1 Å². The van der Waals surface area contributed by atoms with Crippen LogP contribution in [0.3, 0.4) is 0 Å². The minimum Gasteiger partial charge on any atom is -0.300 e. The van der Waals surface area contributed by atoms with Crippen LogP contribution in [0.2, 0.25) is 0 Å². The smallest absolute Gasteiger partial charge is 0.269 e. The lowest BCUT2D eigenvalue weighted by Crippen LogP contribution is -2.37. The third-order valence-electron chi connectivity index (χ3n) is 4.90. The molecule has 1 aromatic heterocycles. The van der Waals surface area contributed by atoms with Crippen molar-refractivity contribution in [1.82, 2.24) is 4.90 Å². The fourth-order valence-corrected chi connectivity index (χ4v) is 4.14. The molecule has 5 heteroatoms. The molecule has 1 unspecified atom stereocenters. The molecule has 0 amide bonds. The molecule has 0 spiro atoms. The Labute approximate surface area is 161 Å². The molecule has 142 valence electrons. The van der Waals surface area contributed by atoms with Crippen LogP contribution in [0.5, 0.6) is 0 Å². The monoisotopic (exact) mass is 374 g/mol. The first kappa shape index (κ1) is 20.6. The highest BCUT2D eigenvalue weighted by atomic mass is 32.1. The maximum Gasteiger partial charge on any atom is 0.269 e. The standard InChI is InChI=1S/C21H30N2O2S/c1-3-7-21(16-19-13-15-26-17-19)22(4-2)14-6-5-8-18-9-11-20(12-10-18)23(24)25/h9-13,15,17,21H,3-8,14,16H2,1-2H3.